The van der Waals surface area contributed by atoms with E-state index in [1.807, 2.05) is 12.1 Å². The lowest BCUT2D eigenvalue weighted by molar-refractivity contribution is 0.337. The smallest absolute Gasteiger partial charge is 0.270 e. The Labute approximate surface area is 90.5 Å². The van der Waals surface area contributed by atoms with Gasteiger partial charge in [0.25, 0.3) is 10.1 Å². The van der Waals surface area contributed by atoms with Crippen molar-refractivity contribution in [1.29, 1.82) is 0 Å². The van der Waals surface area contributed by atoms with Crippen LogP contribution in [0.4, 0.5) is 0 Å². The molecule has 4 heteroatoms. The van der Waals surface area contributed by atoms with Crippen LogP contribution in [0, 0.1) is 0 Å². The highest BCUT2D eigenvalue weighted by Gasteiger charge is 2.10. The fourth-order valence-corrected chi connectivity index (χ4v) is 2.22. The van der Waals surface area contributed by atoms with Crippen LogP contribution in [0.2, 0.25) is 0 Å². The molecule has 0 amide bonds. The van der Waals surface area contributed by atoms with Gasteiger partial charge >= 0.3 is 0 Å². The van der Waals surface area contributed by atoms with Crippen molar-refractivity contribution in [3.63, 3.8) is 0 Å². The van der Waals surface area contributed by atoms with Crippen LogP contribution in [0.1, 0.15) is 18.1 Å². The molecule has 0 fully saturated rings. The number of rotatable bonds is 5. The summed E-state index contributed by atoms with van der Waals surface area (Å²) in [5.74, 6) is -0.0851. The standard InChI is InChI=1S/C11H14O3S/c1-3-10-5-7-11(8-6-10)9-15(12,13)14-4-2/h3,5-8H,1,4,9H2,2H3. The highest BCUT2D eigenvalue weighted by molar-refractivity contribution is 7.85. The first-order chi connectivity index (χ1) is 7.07. The molecular formula is C11H14O3S. The molecule has 3 nitrogen and oxygen atoms in total. The normalized spacial score (nSPS) is 11.3. The quantitative estimate of drug-likeness (QED) is 0.723. The molecule has 1 aromatic carbocycles. The van der Waals surface area contributed by atoms with Crippen LogP contribution in [0.25, 0.3) is 6.08 Å². The van der Waals surface area contributed by atoms with Gasteiger partial charge in [-0.25, -0.2) is 0 Å². The topological polar surface area (TPSA) is 43.4 Å². The lowest BCUT2D eigenvalue weighted by atomic mass is 10.1. The second-order valence-corrected chi connectivity index (χ2v) is 4.69. The Balaban J connectivity index is 2.77. The van der Waals surface area contributed by atoms with E-state index in [1.54, 1.807) is 25.1 Å². The molecule has 0 heterocycles. The van der Waals surface area contributed by atoms with Gasteiger partial charge in [-0.2, -0.15) is 8.42 Å². The Bertz CT molecular complexity index is 418. The molecule has 0 aliphatic rings. The summed E-state index contributed by atoms with van der Waals surface area (Å²) >= 11 is 0. The Kier molecular flexibility index (Phi) is 4.05. The van der Waals surface area contributed by atoms with E-state index in [1.165, 1.54) is 0 Å². The minimum absolute atomic E-state index is 0.0851. The van der Waals surface area contributed by atoms with Crippen molar-refractivity contribution < 1.29 is 12.6 Å². The second-order valence-electron chi connectivity index (χ2n) is 3.05. The first-order valence-electron chi connectivity index (χ1n) is 4.66. The van der Waals surface area contributed by atoms with E-state index >= 15 is 0 Å². The van der Waals surface area contributed by atoms with E-state index in [0.717, 1.165) is 5.56 Å². The van der Waals surface area contributed by atoms with Gasteiger partial charge in [0.1, 0.15) is 5.75 Å². The monoisotopic (exact) mass is 226 g/mol. The highest BCUT2D eigenvalue weighted by atomic mass is 32.2. The summed E-state index contributed by atoms with van der Waals surface area (Å²) in [5.41, 5.74) is 1.68. The van der Waals surface area contributed by atoms with Crippen molar-refractivity contribution >= 4 is 16.2 Å². The highest BCUT2D eigenvalue weighted by Crippen LogP contribution is 2.10. The summed E-state index contributed by atoms with van der Waals surface area (Å²) in [6, 6.07) is 7.16. The van der Waals surface area contributed by atoms with Crippen molar-refractivity contribution in [2.75, 3.05) is 6.61 Å². The van der Waals surface area contributed by atoms with Crippen LogP contribution in [0.15, 0.2) is 30.8 Å². The van der Waals surface area contributed by atoms with E-state index in [-0.39, 0.29) is 12.4 Å². The zero-order valence-electron chi connectivity index (χ0n) is 8.64. The van der Waals surface area contributed by atoms with E-state index in [2.05, 4.69) is 10.8 Å². The molecule has 0 N–H and O–H groups in total. The molecule has 0 radical (unpaired) electrons. The first-order valence-corrected chi connectivity index (χ1v) is 6.23. The predicted octanol–water partition coefficient (Wildman–Crippen LogP) is 2.20. The molecule has 0 unspecified atom stereocenters. The van der Waals surface area contributed by atoms with Crippen LogP contribution < -0.4 is 0 Å². The average molecular weight is 226 g/mol. The van der Waals surface area contributed by atoms with E-state index in [0.29, 0.717) is 5.56 Å². The molecule has 0 atom stereocenters. The molecule has 82 valence electrons. The number of hydrogen-bond donors (Lipinski definition) is 0. The molecule has 0 aromatic heterocycles. The molecular weight excluding hydrogens is 212 g/mol. The van der Waals surface area contributed by atoms with Crippen molar-refractivity contribution in [3.05, 3.63) is 42.0 Å². The number of hydrogen-bond acceptors (Lipinski definition) is 3. The van der Waals surface area contributed by atoms with Gasteiger partial charge in [0, 0.05) is 0 Å². The van der Waals surface area contributed by atoms with Gasteiger partial charge in [-0.05, 0) is 18.1 Å². The van der Waals surface area contributed by atoms with Crippen LogP contribution in [-0.4, -0.2) is 15.0 Å². The molecule has 1 aromatic rings. The van der Waals surface area contributed by atoms with Gasteiger partial charge in [-0.3, -0.25) is 4.18 Å². The van der Waals surface area contributed by atoms with Gasteiger partial charge in [0.15, 0.2) is 0 Å². The second kappa shape index (κ2) is 5.09. The van der Waals surface area contributed by atoms with Crippen molar-refractivity contribution in [3.8, 4) is 0 Å². The molecule has 1 rings (SSSR count). The van der Waals surface area contributed by atoms with E-state index in [4.69, 9.17) is 0 Å². The molecule has 15 heavy (non-hydrogen) atoms. The Morgan fingerprint density at radius 1 is 1.33 bits per heavy atom. The van der Waals surface area contributed by atoms with Gasteiger partial charge in [0.2, 0.25) is 0 Å². The molecule has 0 saturated carbocycles. The summed E-state index contributed by atoms with van der Waals surface area (Å²) in [6.07, 6.45) is 1.71. The van der Waals surface area contributed by atoms with Crippen molar-refractivity contribution in [2.45, 2.75) is 12.7 Å². The molecule has 0 aliphatic heterocycles. The minimum atomic E-state index is -3.43. The zero-order chi connectivity index (χ0) is 11.3. The maximum absolute atomic E-state index is 11.3. The zero-order valence-corrected chi connectivity index (χ0v) is 9.46. The summed E-state index contributed by atoms with van der Waals surface area (Å²) in [6.45, 7) is 5.45. The molecule has 0 spiro atoms. The minimum Gasteiger partial charge on any atom is -0.270 e. The third kappa shape index (κ3) is 3.85. The SMILES string of the molecule is C=Cc1ccc(CS(=O)(=O)OCC)cc1. The van der Waals surface area contributed by atoms with Crippen LogP contribution in [0.5, 0.6) is 0 Å². The fraction of sp³-hybridized carbons (Fsp3) is 0.273. The largest absolute Gasteiger partial charge is 0.271 e. The Morgan fingerprint density at radius 3 is 2.40 bits per heavy atom. The lowest BCUT2D eigenvalue weighted by Crippen LogP contribution is -2.08. The van der Waals surface area contributed by atoms with Crippen LogP contribution in [-0.2, 0) is 20.1 Å². The van der Waals surface area contributed by atoms with Crippen LogP contribution in [0.3, 0.4) is 0 Å². The third-order valence-corrected chi connectivity index (χ3v) is 3.14. The molecule has 0 aliphatic carbocycles. The third-order valence-electron chi connectivity index (χ3n) is 1.86. The first kappa shape index (κ1) is 11.9. The lowest BCUT2D eigenvalue weighted by Gasteiger charge is -2.03. The van der Waals surface area contributed by atoms with Gasteiger partial charge < -0.3 is 0 Å². The Hall–Kier alpha value is -1.13. The summed E-state index contributed by atoms with van der Waals surface area (Å²) in [7, 11) is -3.43. The van der Waals surface area contributed by atoms with Gasteiger partial charge in [-0.15, -0.1) is 0 Å². The maximum atomic E-state index is 11.3. The molecule has 0 bridgehead atoms. The number of benzene rings is 1. The summed E-state index contributed by atoms with van der Waals surface area (Å²) in [5, 5.41) is 0. The van der Waals surface area contributed by atoms with Crippen molar-refractivity contribution in [2.24, 2.45) is 0 Å². The van der Waals surface area contributed by atoms with Crippen molar-refractivity contribution in [1.82, 2.24) is 0 Å². The summed E-state index contributed by atoms with van der Waals surface area (Å²) < 4.78 is 27.3. The van der Waals surface area contributed by atoms with Crippen LogP contribution >= 0.6 is 0 Å². The predicted molar refractivity (Wildman–Crippen MR) is 60.8 cm³/mol. The molecule has 0 saturated heterocycles. The Morgan fingerprint density at radius 2 is 1.93 bits per heavy atom. The fourth-order valence-electron chi connectivity index (χ4n) is 1.18. The maximum Gasteiger partial charge on any atom is 0.271 e. The average Bonchev–Trinajstić information content (AvgIpc) is 2.18. The van der Waals surface area contributed by atoms with Gasteiger partial charge in [0.05, 0.1) is 6.61 Å². The van der Waals surface area contributed by atoms with E-state index < -0.39 is 10.1 Å². The van der Waals surface area contributed by atoms with E-state index in [9.17, 15) is 8.42 Å². The summed E-state index contributed by atoms with van der Waals surface area (Å²) in [4.78, 5) is 0. The van der Waals surface area contributed by atoms with Gasteiger partial charge in [-0.1, -0.05) is 36.9 Å².